The molecule has 16 heavy (non-hydrogen) atoms. The van der Waals surface area contributed by atoms with Gasteiger partial charge >= 0.3 is 0 Å². The van der Waals surface area contributed by atoms with Crippen LogP contribution in [0.3, 0.4) is 0 Å². The van der Waals surface area contributed by atoms with Crippen LogP contribution in [0.5, 0.6) is 0 Å². The molecule has 1 fully saturated rings. The minimum absolute atomic E-state index is 0.278. The van der Waals surface area contributed by atoms with Gasteiger partial charge in [-0.05, 0) is 17.7 Å². The summed E-state index contributed by atoms with van der Waals surface area (Å²) in [6, 6.07) is 8.38. The van der Waals surface area contributed by atoms with Crippen molar-refractivity contribution < 1.29 is 4.74 Å². The molecule has 0 bridgehead atoms. The molecule has 0 aromatic heterocycles. The molecule has 0 unspecified atom stereocenters. The Morgan fingerprint density at radius 3 is 2.38 bits per heavy atom. The molecule has 1 nitrogen and oxygen atoms in total. The van der Waals surface area contributed by atoms with Crippen LogP contribution < -0.4 is 0 Å². The largest absolute Gasteiger partial charge is 0.360 e. The van der Waals surface area contributed by atoms with Crippen LogP contribution >= 0.6 is 15.9 Å². The van der Waals surface area contributed by atoms with Gasteiger partial charge in [0.05, 0.1) is 8.07 Å². The summed E-state index contributed by atoms with van der Waals surface area (Å²) in [5, 5.41) is 0. The summed E-state index contributed by atoms with van der Waals surface area (Å²) in [6.07, 6.45) is 2.81. The standard InChI is InChI=1S/C13H17BrOSi/c1-16(2,3)9-8-12-13(15-12)10-4-6-11(14)7-5-10/h4-9,12-13H,1-3H3/b9-8+/t12-,13+/m0/s1. The van der Waals surface area contributed by atoms with Gasteiger partial charge in [-0.15, -0.1) is 0 Å². The fourth-order valence-corrected chi connectivity index (χ4v) is 2.61. The van der Waals surface area contributed by atoms with Gasteiger partial charge in [0, 0.05) is 4.47 Å². The molecule has 3 heteroatoms. The smallest absolute Gasteiger partial charge is 0.113 e. The van der Waals surface area contributed by atoms with E-state index in [1.54, 1.807) is 0 Å². The van der Waals surface area contributed by atoms with Crippen molar-refractivity contribution in [2.24, 2.45) is 0 Å². The average molecular weight is 297 g/mol. The van der Waals surface area contributed by atoms with Crippen LogP contribution in [0.2, 0.25) is 19.6 Å². The minimum Gasteiger partial charge on any atom is -0.360 e. The molecular formula is C13H17BrOSi. The van der Waals surface area contributed by atoms with E-state index in [2.05, 4.69) is 71.6 Å². The van der Waals surface area contributed by atoms with E-state index in [1.165, 1.54) is 5.56 Å². The Balaban J connectivity index is 1.97. The number of rotatable bonds is 3. The first-order valence-corrected chi connectivity index (χ1v) is 9.93. The SMILES string of the molecule is C[Si](C)(C)/C=C/[C@@H]1O[C@@H]1c1ccc(Br)cc1. The first-order chi connectivity index (χ1) is 7.46. The molecule has 0 amide bonds. The maximum Gasteiger partial charge on any atom is 0.113 e. The molecule has 0 N–H and O–H groups in total. The van der Waals surface area contributed by atoms with Crippen LogP contribution in [0.1, 0.15) is 11.7 Å². The molecule has 1 aliphatic rings. The van der Waals surface area contributed by atoms with Gasteiger partial charge in [0.2, 0.25) is 0 Å². The van der Waals surface area contributed by atoms with Gasteiger partial charge in [0.15, 0.2) is 0 Å². The molecule has 0 spiro atoms. The second-order valence-electron chi connectivity index (χ2n) is 5.30. The maximum atomic E-state index is 5.66. The van der Waals surface area contributed by atoms with E-state index in [9.17, 15) is 0 Å². The molecule has 2 atom stereocenters. The van der Waals surface area contributed by atoms with Crippen LogP contribution in [0.15, 0.2) is 40.5 Å². The molecule has 0 saturated carbocycles. The van der Waals surface area contributed by atoms with Gasteiger partial charge in [-0.3, -0.25) is 0 Å². The second kappa shape index (κ2) is 4.47. The predicted octanol–water partition coefficient (Wildman–Crippen LogP) is 4.32. The molecule has 2 rings (SSSR count). The third-order valence-electron chi connectivity index (χ3n) is 2.51. The maximum absolute atomic E-state index is 5.66. The molecule has 1 saturated heterocycles. The first kappa shape index (κ1) is 12.1. The van der Waals surface area contributed by atoms with Crippen LogP contribution in [-0.4, -0.2) is 14.2 Å². The fraction of sp³-hybridized carbons (Fsp3) is 0.385. The number of epoxide rings is 1. The van der Waals surface area contributed by atoms with Gasteiger partial charge < -0.3 is 4.74 Å². The van der Waals surface area contributed by atoms with Crippen molar-refractivity contribution in [2.75, 3.05) is 0 Å². The van der Waals surface area contributed by atoms with Crippen LogP contribution in [0.25, 0.3) is 0 Å². The zero-order chi connectivity index (χ0) is 11.8. The Morgan fingerprint density at radius 1 is 1.19 bits per heavy atom. The summed E-state index contributed by atoms with van der Waals surface area (Å²) in [5.41, 5.74) is 3.63. The summed E-state index contributed by atoms with van der Waals surface area (Å²) in [5.74, 6) is 0. The van der Waals surface area contributed by atoms with Crippen LogP contribution in [0, 0.1) is 0 Å². The highest BCUT2D eigenvalue weighted by molar-refractivity contribution is 9.10. The van der Waals surface area contributed by atoms with Crippen LogP contribution in [0.4, 0.5) is 0 Å². The topological polar surface area (TPSA) is 12.5 Å². The van der Waals surface area contributed by atoms with E-state index in [-0.39, 0.29) is 6.10 Å². The normalized spacial score (nSPS) is 25.0. The fourth-order valence-electron chi connectivity index (χ4n) is 1.57. The van der Waals surface area contributed by atoms with Gasteiger partial charge in [-0.2, -0.15) is 0 Å². The lowest BCUT2D eigenvalue weighted by Gasteiger charge is -2.07. The number of benzene rings is 1. The Labute approximate surface area is 107 Å². The minimum atomic E-state index is -1.09. The summed E-state index contributed by atoms with van der Waals surface area (Å²) in [4.78, 5) is 0. The molecule has 1 aromatic rings. The quantitative estimate of drug-likeness (QED) is 0.598. The second-order valence-corrected chi connectivity index (χ2v) is 11.3. The third kappa shape index (κ3) is 3.30. The monoisotopic (exact) mass is 296 g/mol. The van der Waals surface area contributed by atoms with E-state index in [0.717, 1.165) is 4.47 Å². The van der Waals surface area contributed by atoms with E-state index < -0.39 is 8.07 Å². The Hall–Kier alpha value is -0.383. The summed E-state index contributed by atoms with van der Waals surface area (Å²) in [7, 11) is -1.09. The zero-order valence-electron chi connectivity index (χ0n) is 9.91. The summed E-state index contributed by atoms with van der Waals surface area (Å²) in [6.45, 7) is 7.00. The number of hydrogen-bond donors (Lipinski definition) is 0. The van der Waals surface area contributed by atoms with Crippen molar-refractivity contribution in [3.05, 3.63) is 46.1 Å². The van der Waals surface area contributed by atoms with E-state index in [0.29, 0.717) is 6.10 Å². The molecule has 0 aliphatic carbocycles. The number of hydrogen-bond acceptors (Lipinski definition) is 1. The van der Waals surface area contributed by atoms with Crippen molar-refractivity contribution in [1.82, 2.24) is 0 Å². The molecule has 1 aromatic carbocycles. The van der Waals surface area contributed by atoms with Gasteiger partial charge in [-0.1, -0.05) is 59.5 Å². The van der Waals surface area contributed by atoms with Crippen molar-refractivity contribution >= 4 is 24.0 Å². The molecular weight excluding hydrogens is 280 g/mol. The lowest BCUT2D eigenvalue weighted by molar-refractivity contribution is 0.394. The molecule has 86 valence electrons. The van der Waals surface area contributed by atoms with E-state index in [4.69, 9.17) is 4.74 Å². The summed E-state index contributed by atoms with van der Waals surface area (Å²) >= 11 is 3.44. The highest BCUT2D eigenvalue weighted by Crippen LogP contribution is 2.40. The Morgan fingerprint density at radius 2 is 1.81 bits per heavy atom. The molecule has 1 heterocycles. The lowest BCUT2D eigenvalue weighted by Crippen LogP contribution is -2.15. The van der Waals surface area contributed by atoms with E-state index in [1.807, 2.05) is 0 Å². The van der Waals surface area contributed by atoms with Gasteiger partial charge in [-0.25, -0.2) is 0 Å². The predicted molar refractivity (Wildman–Crippen MR) is 74.2 cm³/mol. The third-order valence-corrected chi connectivity index (χ3v) is 4.23. The zero-order valence-corrected chi connectivity index (χ0v) is 12.5. The Kier molecular flexibility index (Phi) is 3.38. The highest BCUT2D eigenvalue weighted by atomic mass is 79.9. The Bertz CT molecular complexity index is 391. The van der Waals surface area contributed by atoms with Crippen molar-refractivity contribution in [3.8, 4) is 0 Å². The molecule has 0 radical (unpaired) electrons. The van der Waals surface area contributed by atoms with E-state index >= 15 is 0 Å². The lowest BCUT2D eigenvalue weighted by atomic mass is 10.1. The van der Waals surface area contributed by atoms with Crippen LogP contribution in [-0.2, 0) is 4.74 Å². The molecule has 1 aliphatic heterocycles. The van der Waals surface area contributed by atoms with Gasteiger partial charge in [0.1, 0.15) is 12.2 Å². The van der Waals surface area contributed by atoms with Crippen molar-refractivity contribution in [2.45, 2.75) is 31.8 Å². The highest BCUT2D eigenvalue weighted by Gasteiger charge is 2.37. The average Bonchev–Trinajstić information content (AvgIpc) is 2.94. The number of halogens is 1. The summed E-state index contributed by atoms with van der Waals surface area (Å²) < 4.78 is 6.78. The van der Waals surface area contributed by atoms with Crippen molar-refractivity contribution in [3.63, 3.8) is 0 Å². The van der Waals surface area contributed by atoms with Crippen molar-refractivity contribution in [1.29, 1.82) is 0 Å². The van der Waals surface area contributed by atoms with Gasteiger partial charge in [0.25, 0.3) is 0 Å². The number of ether oxygens (including phenoxy) is 1. The first-order valence-electron chi connectivity index (χ1n) is 5.56.